The lowest BCUT2D eigenvalue weighted by Gasteiger charge is -2.13. The second-order valence-corrected chi connectivity index (χ2v) is 6.78. The van der Waals surface area contributed by atoms with Crippen molar-refractivity contribution in [3.8, 4) is 11.5 Å². The number of anilines is 1. The van der Waals surface area contributed by atoms with Gasteiger partial charge >= 0.3 is 0 Å². The number of hydrogen-bond donors (Lipinski definition) is 1. The van der Waals surface area contributed by atoms with E-state index >= 15 is 0 Å². The largest absolute Gasteiger partial charge is 0.490 e. The number of halogens is 1. The Morgan fingerprint density at radius 1 is 0.926 bits per heavy atom. The van der Waals surface area contributed by atoms with Gasteiger partial charge in [0.1, 0.15) is 24.7 Å². The van der Waals surface area contributed by atoms with Crippen molar-refractivity contribution >= 4 is 27.5 Å². The molecule has 0 bridgehead atoms. The molecule has 0 aliphatic carbocycles. The van der Waals surface area contributed by atoms with Gasteiger partial charge in [0.15, 0.2) is 0 Å². The van der Waals surface area contributed by atoms with Crippen LogP contribution in [0.2, 0.25) is 0 Å². The molecule has 1 amide bonds. The molecule has 0 atom stereocenters. The van der Waals surface area contributed by atoms with Crippen LogP contribution in [0.15, 0.2) is 77.3 Å². The van der Waals surface area contributed by atoms with Gasteiger partial charge < -0.3 is 14.8 Å². The average molecular weight is 426 g/mol. The van der Waals surface area contributed by atoms with E-state index in [2.05, 4.69) is 21.2 Å². The van der Waals surface area contributed by atoms with E-state index < -0.39 is 0 Å². The zero-order valence-electron chi connectivity index (χ0n) is 14.9. The molecule has 0 fully saturated rings. The molecule has 0 unspecified atom stereocenters. The van der Waals surface area contributed by atoms with Crippen molar-refractivity contribution in [2.45, 2.75) is 6.92 Å². The van der Waals surface area contributed by atoms with Crippen molar-refractivity contribution in [2.75, 3.05) is 18.5 Å². The monoisotopic (exact) mass is 425 g/mol. The van der Waals surface area contributed by atoms with E-state index in [4.69, 9.17) is 9.47 Å². The van der Waals surface area contributed by atoms with Crippen LogP contribution >= 0.6 is 15.9 Å². The molecule has 0 heterocycles. The Bertz CT molecular complexity index is 912. The third kappa shape index (κ3) is 5.34. The van der Waals surface area contributed by atoms with Gasteiger partial charge in [0.05, 0.1) is 5.56 Å². The fourth-order valence-corrected chi connectivity index (χ4v) is 2.78. The predicted octanol–water partition coefficient (Wildman–Crippen LogP) is 5.47. The highest BCUT2D eigenvalue weighted by molar-refractivity contribution is 9.10. The molecule has 0 saturated carbocycles. The summed E-state index contributed by atoms with van der Waals surface area (Å²) in [6.45, 7) is 2.71. The minimum atomic E-state index is -0.212. The molecule has 0 aliphatic heterocycles. The first-order chi connectivity index (χ1) is 13.1. The lowest BCUT2D eigenvalue weighted by atomic mass is 10.1. The van der Waals surface area contributed by atoms with Gasteiger partial charge in [0.2, 0.25) is 0 Å². The summed E-state index contributed by atoms with van der Waals surface area (Å²) < 4.78 is 12.4. The Morgan fingerprint density at radius 3 is 2.41 bits per heavy atom. The lowest BCUT2D eigenvalue weighted by Crippen LogP contribution is -2.15. The number of carbonyl (C=O) groups excluding carboxylic acids is 1. The minimum absolute atomic E-state index is 0.212. The molecule has 27 heavy (non-hydrogen) atoms. The number of carbonyl (C=O) groups is 1. The van der Waals surface area contributed by atoms with E-state index in [1.807, 2.05) is 67.6 Å². The van der Waals surface area contributed by atoms with E-state index in [0.29, 0.717) is 24.5 Å². The van der Waals surface area contributed by atoms with E-state index in [1.54, 1.807) is 12.1 Å². The molecule has 0 radical (unpaired) electrons. The van der Waals surface area contributed by atoms with Gasteiger partial charge in [-0.25, -0.2) is 0 Å². The second kappa shape index (κ2) is 9.24. The molecule has 138 valence electrons. The van der Waals surface area contributed by atoms with Crippen LogP contribution in [0.4, 0.5) is 5.69 Å². The summed E-state index contributed by atoms with van der Waals surface area (Å²) in [5.41, 5.74) is 2.27. The summed E-state index contributed by atoms with van der Waals surface area (Å²) in [7, 11) is 0. The van der Waals surface area contributed by atoms with Crippen LogP contribution in [0.3, 0.4) is 0 Å². The van der Waals surface area contributed by atoms with Gasteiger partial charge in [-0.2, -0.15) is 0 Å². The van der Waals surface area contributed by atoms with Gasteiger partial charge in [-0.3, -0.25) is 4.79 Å². The Hall–Kier alpha value is -2.79. The Labute approximate surface area is 167 Å². The highest BCUT2D eigenvalue weighted by atomic mass is 79.9. The molecule has 0 aromatic heterocycles. The van der Waals surface area contributed by atoms with Crippen LogP contribution in [0.5, 0.6) is 11.5 Å². The molecular weight excluding hydrogens is 406 g/mol. The van der Waals surface area contributed by atoms with Crippen molar-refractivity contribution in [3.05, 3.63) is 88.4 Å². The first kappa shape index (κ1) is 19.0. The third-order valence-electron chi connectivity index (χ3n) is 3.90. The Kier molecular flexibility index (Phi) is 6.49. The summed E-state index contributed by atoms with van der Waals surface area (Å²) in [5.74, 6) is 1.11. The topological polar surface area (TPSA) is 47.6 Å². The number of benzene rings is 3. The lowest BCUT2D eigenvalue weighted by molar-refractivity contribution is 0.102. The first-order valence-corrected chi connectivity index (χ1v) is 9.40. The second-order valence-electron chi connectivity index (χ2n) is 5.92. The highest BCUT2D eigenvalue weighted by Gasteiger charge is 2.13. The molecule has 1 N–H and O–H groups in total. The maximum absolute atomic E-state index is 12.7. The van der Waals surface area contributed by atoms with Crippen molar-refractivity contribution in [2.24, 2.45) is 0 Å². The summed E-state index contributed by atoms with van der Waals surface area (Å²) in [5, 5.41) is 2.91. The Balaban J connectivity index is 1.60. The number of nitrogens with one attached hydrogen (secondary N) is 1. The van der Waals surface area contributed by atoms with Crippen LogP contribution in [0.25, 0.3) is 0 Å². The fourth-order valence-electron chi connectivity index (χ4n) is 2.53. The van der Waals surface area contributed by atoms with E-state index in [0.717, 1.165) is 21.5 Å². The zero-order valence-corrected chi connectivity index (χ0v) is 16.5. The molecule has 0 aliphatic rings. The molecule has 3 rings (SSSR count). The maximum Gasteiger partial charge on any atom is 0.259 e. The van der Waals surface area contributed by atoms with Gasteiger partial charge in [-0.05, 0) is 55.0 Å². The van der Waals surface area contributed by atoms with Crippen LogP contribution in [0, 0.1) is 6.92 Å². The molecule has 4 nitrogen and oxygen atoms in total. The van der Waals surface area contributed by atoms with E-state index in [1.165, 1.54) is 0 Å². The molecular formula is C22H20BrNO3. The van der Waals surface area contributed by atoms with Gasteiger partial charge in [0, 0.05) is 10.2 Å². The average Bonchev–Trinajstić information content (AvgIpc) is 2.69. The van der Waals surface area contributed by atoms with Crippen molar-refractivity contribution in [3.63, 3.8) is 0 Å². The minimum Gasteiger partial charge on any atom is -0.490 e. The van der Waals surface area contributed by atoms with Crippen molar-refractivity contribution in [1.29, 1.82) is 0 Å². The molecule has 3 aromatic carbocycles. The van der Waals surface area contributed by atoms with Gasteiger partial charge in [0.25, 0.3) is 5.91 Å². The Morgan fingerprint density at radius 2 is 1.63 bits per heavy atom. The number of amides is 1. The SMILES string of the molecule is Cc1cc(NC(=O)c2ccccc2OCCOc2ccccc2)ccc1Br. The van der Waals surface area contributed by atoms with Gasteiger partial charge in [-0.15, -0.1) is 0 Å². The smallest absolute Gasteiger partial charge is 0.259 e. The highest BCUT2D eigenvalue weighted by Crippen LogP contribution is 2.23. The fraction of sp³-hybridized carbons (Fsp3) is 0.136. The van der Waals surface area contributed by atoms with E-state index in [9.17, 15) is 4.79 Å². The van der Waals surface area contributed by atoms with Gasteiger partial charge in [-0.1, -0.05) is 46.3 Å². The maximum atomic E-state index is 12.7. The normalized spacial score (nSPS) is 10.3. The standard InChI is InChI=1S/C22H20BrNO3/c1-16-15-17(11-12-20(16)23)24-22(25)19-9-5-6-10-21(19)27-14-13-26-18-7-3-2-4-8-18/h2-12,15H,13-14H2,1H3,(H,24,25). The number of hydrogen-bond acceptors (Lipinski definition) is 3. The van der Waals surface area contributed by atoms with Crippen molar-refractivity contribution in [1.82, 2.24) is 0 Å². The van der Waals surface area contributed by atoms with Crippen LogP contribution in [0.1, 0.15) is 15.9 Å². The number of ether oxygens (including phenoxy) is 2. The quantitative estimate of drug-likeness (QED) is 0.510. The molecule has 5 heteroatoms. The van der Waals surface area contributed by atoms with Crippen molar-refractivity contribution < 1.29 is 14.3 Å². The summed E-state index contributed by atoms with van der Waals surface area (Å²) in [6, 6.07) is 22.4. The summed E-state index contributed by atoms with van der Waals surface area (Å²) in [6.07, 6.45) is 0. The van der Waals surface area contributed by atoms with Crippen LogP contribution < -0.4 is 14.8 Å². The van der Waals surface area contributed by atoms with Crippen LogP contribution in [-0.2, 0) is 0 Å². The molecule has 3 aromatic rings. The molecule has 0 saturated heterocycles. The first-order valence-electron chi connectivity index (χ1n) is 8.60. The van der Waals surface area contributed by atoms with E-state index in [-0.39, 0.29) is 5.91 Å². The number of aryl methyl sites for hydroxylation is 1. The van der Waals surface area contributed by atoms with Crippen LogP contribution in [-0.4, -0.2) is 19.1 Å². The zero-order chi connectivity index (χ0) is 19.1. The summed E-state index contributed by atoms with van der Waals surface area (Å²) in [4.78, 5) is 12.7. The summed E-state index contributed by atoms with van der Waals surface area (Å²) >= 11 is 3.46. The molecule has 0 spiro atoms. The number of para-hydroxylation sites is 2. The third-order valence-corrected chi connectivity index (χ3v) is 4.79. The number of rotatable bonds is 7. The predicted molar refractivity (Wildman–Crippen MR) is 111 cm³/mol.